The van der Waals surface area contributed by atoms with Gasteiger partial charge in [-0.3, -0.25) is 9.59 Å². The number of carbonyl (C=O) groups excluding carboxylic acids is 1. The lowest BCUT2D eigenvalue weighted by atomic mass is 9.78. The highest BCUT2D eigenvalue weighted by Gasteiger charge is 2.38. The molecule has 5 heteroatoms. The summed E-state index contributed by atoms with van der Waals surface area (Å²) in [7, 11) is 0. The van der Waals surface area contributed by atoms with Crippen LogP contribution in [0.1, 0.15) is 32.8 Å². The van der Waals surface area contributed by atoms with Crippen molar-refractivity contribution in [1.82, 2.24) is 5.32 Å². The van der Waals surface area contributed by atoms with E-state index in [1.165, 1.54) is 0 Å². The first-order valence-electron chi connectivity index (χ1n) is 7.09. The summed E-state index contributed by atoms with van der Waals surface area (Å²) in [5.74, 6) is -1.25. The Labute approximate surface area is 125 Å². The normalized spacial score (nSPS) is 13.7. The lowest BCUT2D eigenvalue weighted by Crippen LogP contribution is -2.47. The fraction of sp³-hybridized carbons (Fsp3) is 0.500. The number of rotatable bonds is 8. The lowest BCUT2D eigenvalue weighted by Gasteiger charge is -2.29. The van der Waals surface area contributed by atoms with Gasteiger partial charge in [0.2, 0.25) is 5.91 Å². The minimum Gasteiger partial charge on any atom is -0.481 e. The van der Waals surface area contributed by atoms with E-state index in [4.69, 9.17) is 4.74 Å². The smallest absolute Gasteiger partial charge is 0.315 e. The predicted molar refractivity (Wildman–Crippen MR) is 80.1 cm³/mol. The molecule has 1 rings (SSSR count). The van der Waals surface area contributed by atoms with E-state index in [0.717, 1.165) is 0 Å². The van der Waals surface area contributed by atoms with Gasteiger partial charge >= 0.3 is 5.97 Å². The van der Waals surface area contributed by atoms with Crippen molar-refractivity contribution in [3.63, 3.8) is 0 Å². The highest BCUT2D eigenvalue weighted by atomic mass is 16.5. The number of carbonyl (C=O) groups is 2. The van der Waals surface area contributed by atoms with Gasteiger partial charge in [-0.05, 0) is 25.8 Å². The molecule has 0 bridgehead atoms. The predicted octanol–water partition coefficient (Wildman–Crippen LogP) is 1.96. The molecule has 0 fully saturated rings. The first-order chi connectivity index (χ1) is 9.92. The van der Waals surface area contributed by atoms with Crippen LogP contribution in [0.3, 0.4) is 0 Å². The molecule has 1 aromatic carbocycles. The molecule has 5 nitrogen and oxygen atoms in total. The number of ether oxygens (including phenoxy) is 1. The van der Waals surface area contributed by atoms with Crippen LogP contribution >= 0.6 is 0 Å². The number of amides is 1. The molecular weight excluding hydrogens is 270 g/mol. The molecule has 0 aliphatic rings. The summed E-state index contributed by atoms with van der Waals surface area (Å²) in [6.07, 6.45) is 0.345. The molecule has 0 spiro atoms. The third-order valence-electron chi connectivity index (χ3n) is 3.47. The average Bonchev–Trinajstić information content (AvgIpc) is 2.47. The third-order valence-corrected chi connectivity index (χ3v) is 3.47. The van der Waals surface area contributed by atoms with E-state index in [0.29, 0.717) is 12.0 Å². The molecular formula is C16H23NO4. The van der Waals surface area contributed by atoms with Gasteiger partial charge in [0.15, 0.2) is 0 Å². The van der Waals surface area contributed by atoms with Gasteiger partial charge in [-0.25, -0.2) is 0 Å². The number of nitrogens with one attached hydrogen (secondary N) is 1. The first kappa shape index (κ1) is 17.2. The fourth-order valence-electron chi connectivity index (χ4n) is 2.08. The van der Waals surface area contributed by atoms with Crippen molar-refractivity contribution in [2.24, 2.45) is 0 Å². The third kappa shape index (κ3) is 4.56. The standard InChI is InChI=1S/C16H23NO4/c1-4-16(15(19)20,13-8-6-5-7-9-13)11-17-14(18)10-21-12(2)3/h5-9,12H,4,10-11H2,1-3H3,(H,17,18)(H,19,20). The minimum absolute atomic E-state index is 0.0414. The summed E-state index contributed by atoms with van der Waals surface area (Å²) in [4.78, 5) is 23.5. The molecule has 0 radical (unpaired) electrons. The summed E-state index contributed by atoms with van der Waals surface area (Å²) in [6.45, 7) is 5.46. The number of hydrogen-bond acceptors (Lipinski definition) is 3. The van der Waals surface area contributed by atoms with Crippen LogP contribution in [-0.4, -0.2) is 36.2 Å². The van der Waals surface area contributed by atoms with Crippen molar-refractivity contribution in [2.75, 3.05) is 13.2 Å². The van der Waals surface area contributed by atoms with E-state index in [2.05, 4.69) is 5.32 Å². The fourth-order valence-corrected chi connectivity index (χ4v) is 2.08. The summed E-state index contributed by atoms with van der Waals surface area (Å²) in [5, 5.41) is 12.3. The Bertz CT molecular complexity index is 472. The molecule has 2 N–H and O–H groups in total. The number of benzene rings is 1. The zero-order valence-electron chi connectivity index (χ0n) is 12.8. The van der Waals surface area contributed by atoms with Gasteiger partial charge in [-0.1, -0.05) is 37.3 Å². The van der Waals surface area contributed by atoms with Crippen molar-refractivity contribution < 1.29 is 19.4 Å². The molecule has 0 saturated heterocycles. The van der Waals surface area contributed by atoms with Gasteiger partial charge in [-0.15, -0.1) is 0 Å². The highest BCUT2D eigenvalue weighted by molar-refractivity contribution is 5.84. The SMILES string of the molecule is CCC(CNC(=O)COC(C)C)(C(=O)O)c1ccccc1. The van der Waals surface area contributed by atoms with Crippen LogP contribution in [0.25, 0.3) is 0 Å². The second-order valence-corrected chi connectivity index (χ2v) is 5.24. The Kier molecular flexibility index (Phi) is 6.37. The molecule has 21 heavy (non-hydrogen) atoms. The molecule has 1 unspecified atom stereocenters. The maximum absolute atomic E-state index is 11.7. The molecule has 0 saturated carbocycles. The second kappa shape index (κ2) is 7.78. The Balaban J connectivity index is 2.81. The summed E-state index contributed by atoms with van der Waals surface area (Å²) < 4.78 is 5.21. The molecule has 1 aromatic rings. The maximum Gasteiger partial charge on any atom is 0.315 e. The van der Waals surface area contributed by atoms with Crippen LogP contribution in [0.5, 0.6) is 0 Å². The molecule has 1 amide bonds. The van der Waals surface area contributed by atoms with Gasteiger partial charge in [0.05, 0.1) is 6.10 Å². The van der Waals surface area contributed by atoms with Crippen LogP contribution in [0.4, 0.5) is 0 Å². The summed E-state index contributed by atoms with van der Waals surface area (Å²) in [5.41, 5.74) is -0.431. The van der Waals surface area contributed by atoms with Crippen LogP contribution in [0, 0.1) is 0 Å². The molecule has 1 atom stereocenters. The molecule has 0 aliphatic carbocycles. The highest BCUT2D eigenvalue weighted by Crippen LogP contribution is 2.27. The van der Waals surface area contributed by atoms with E-state index in [-0.39, 0.29) is 25.2 Å². The lowest BCUT2D eigenvalue weighted by molar-refractivity contribution is -0.144. The second-order valence-electron chi connectivity index (χ2n) is 5.24. The zero-order valence-corrected chi connectivity index (χ0v) is 12.8. The van der Waals surface area contributed by atoms with Gasteiger partial charge in [-0.2, -0.15) is 0 Å². The summed E-state index contributed by atoms with van der Waals surface area (Å²) in [6, 6.07) is 8.97. The number of aliphatic carboxylic acids is 1. The van der Waals surface area contributed by atoms with Crippen molar-refractivity contribution in [3.05, 3.63) is 35.9 Å². The van der Waals surface area contributed by atoms with E-state index in [1.54, 1.807) is 31.2 Å². The monoisotopic (exact) mass is 293 g/mol. The van der Waals surface area contributed by atoms with Crippen LogP contribution in [0.2, 0.25) is 0 Å². The van der Waals surface area contributed by atoms with Crippen LogP contribution in [0.15, 0.2) is 30.3 Å². The molecule has 0 aromatic heterocycles. The van der Waals surface area contributed by atoms with Crippen molar-refractivity contribution in [1.29, 1.82) is 0 Å². The Morgan fingerprint density at radius 2 is 1.90 bits per heavy atom. The van der Waals surface area contributed by atoms with Crippen LogP contribution < -0.4 is 5.32 Å². The Morgan fingerprint density at radius 3 is 2.38 bits per heavy atom. The number of carboxylic acid groups (broad SMARTS) is 1. The quantitative estimate of drug-likeness (QED) is 0.768. The van der Waals surface area contributed by atoms with E-state index in [1.807, 2.05) is 19.9 Å². The van der Waals surface area contributed by atoms with Gasteiger partial charge in [0.25, 0.3) is 0 Å². The Hall–Kier alpha value is -1.88. The van der Waals surface area contributed by atoms with Crippen molar-refractivity contribution >= 4 is 11.9 Å². The molecule has 0 aliphatic heterocycles. The van der Waals surface area contributed by atoms with E-state index < -0.39 is 11.4 Å². The largest absolute Gasteiger partial charge is 0.481 e. The topological polar surface area (TPSA) is 75.6 Å². The number of carboxylic acids is 1. The summed E-state index contributed by atoms with van der Waals surface area (Å²) >= 11 is 0. The average molecular weight is 293 g/mol. The Morgan fingerprint density at radius 1 is 1.29 bits per heavy atom. The van der Waals surface area contributed by atoms with Gasteiger partial charge < -0.3 is 15.2 Å². The first-order valence-corrected chi connectivity index (χ1v) is 7.09. The van der Waals surface area contributed by atoms with E-state index in [9.17, 15) is 14.7 Å². The van der Waals surface area contributed by atoms with Crippen molar-refractivity contribution in [3.8, 4) is 0 Å². The molecule has 0 heterocycles. The number of hydrogen-bond donors (Lipinski definition) is 2. The maximum atomic E-state index is 11.7. The van der Waals surface area contributed by atoms with Crippen molar-refractivity contribution in [2.45, 2.75) is 38.7 Å². The van der Waals surface area contributed by atoms with E-state index >= 15 is 0 Å². The van der Waals surface area contributed by atoms with Gasteiger partial charge in [0, 0.05) is 6.54 Å². The molecule has 116 valence electrons. The minimum atomic E-state index is -1.12. The zero-order chi connectivity index (χ0) is 15.9. The van der Waals surface area contributed by atoms with Gasteiger partial charge in [0.1, 0.15) is 12.0 Å². The van der Waals surface area contributed by atoms with Crippen LogP contribution in [-0.2, 0) is 19.7 Å².